The van der Waals surface area contributed by atoms with E-state index in [9.17, 15) is 0 Å². The van der Waals surface area contributed by atoms with Crippen molar-refractivity contribution in [2.45, 2.75) is 19.9 Å². The van der Waals surface area contributed by atoms with Gasteiger partial charge in [0.2, 0.25) is 0 Å². The molecule has 4 heteroatoms. The molecular formula is C16H17N3S. The lowest BCUT2D eigenvalue weighted by molar-refractivity contribution is 1.08. The molecule has 2 aromatic heterocycles. The van der Waals surface area contributed by atoms with Gasteiger partial charge in [-0.25, -0.2) is 0 Å². The van der Waals surface area contributed by atoms with Crippen LogP contribution in [0.5, 0.6) is 0 Å². The van der Waals surface area contributed by atoms with Gasteiger partial charge in [0, 0.05) is 28.7 Å². The third-order valence-corrected chi connectivity index (χ3v) is 4.42. The number of aryl methyl sites for hydroxylation is 1. The third-order valence-electron chi connectivity index (χ3n) is 3.46. The minimum atomic E-state index is 0.719. The number of thiophene rings is 1. The average molecular weight is 283 g/mol. The number of pyridine rings is 1. The van der Waals surface area contributed by atoms with Gasteiger partial charge in [0.05, 0.1) is 11.2 Å². The lowest BCUT2D eigenvalue weighted by atomic mass is 10.1. The number of hydrogen-bond donors (Lipinski definition) is 2. The van der Waals surface area contributed by atoms with Gasteiger partial charge in [0.15, 0.2) is 0 Å². The Morgan fingerprint density at radius 2 is 2.15 bits per heavy atom. The molecular weight excluding hydrogens is 266 g/mol. The molecule has 3 nitrogen and oxygen atoms in total. The summed E-state index contributed by atoms with van der Waals surface area (Å²) in [6.45, 7) is 3.03. The number of nitrogen functional groups attached to an aromatic ring is 1. The van der Waals surface area contributed by atoms with Crippen molar-refractivity contribution < 1.29 is 0 Å². The third kappa shape index (κ3) is 2.34. The van der Waals surface area contributed by atoms with Crippen molar-refractivity contribution in [2.24, 2.45) is 0 Å². The zero-order chi connectivity index (χ0) is 13.9. The number of rotatable bonds is 4. The Labute approximate surface area is 122 Å². The first kappa shape index (κ1) is 12.9. The average Bonchev–Trinajstić information content (AvgIpc) is 2.93. The summed E-state index contributed by atoms with van der Waals surface area (Å²) in [5.41, 5.74) is 10.1. The van der Waals surface area contributed by atoms with Gasteiger partial charge < -0.3 is 11.1 Å². The Hall–Kier alpha value is -2.07. The first-order valence-corrected chi connectivity index (χ1v) is 7.60. The van der Waals surface area contributed by atoms with E-state index in [0.29, 0.717) is 0 Å². The first-order chi connectivity index (χ1) is 9.79. The molecule has 0 atom stereocenters. The van der Waals surface area contributed by atoms with Crippen LogP contribution in [0.3, 0.4) is 0 Å². The van der Waals surface area contributed by atoms with Crippen molar-refractivity contribution in [1.82, 2.24) is 4.98 Å². The highest BCUT2D eigenvalue weighted by molar-refractivity contribution is 7.10. The monoisotopic (exact) mass is 283 g/mol. The van der Waals surface area contributed by atoms with Crippen LogP contribution in [0, 0.1) is 0 Å². The second-order valence-corrected chi connectivity index (χ2v) is 5.68. The fraction of sp³-hybridized carbons (Fsp3) is 0.188. The van der Waals surface area contributed by atoms with E-state index < -0.39 is 0 Å². The van der Waals surface area contributed by atoms with Crippen molar-refractivity contribution in [3.8, 4) is 0 Å². The first-order valence-electron chi connectivity index (χ1n) is 6.72. The molecule has 0 saturated carbocycles. The van der Waals surface area contributed by atoms with Gasteiger partial charge in [0.25, 0.3) is 0 Å². The molecule has 20 heavy (non-hydrogen) atoms. The molecule has 0 aliphatic carbocycles. The van der Waals surface area contributed by atoms with Gasteiger partial charge in [-0.05, 0) is 35.6 Å². The van der Waals surface area contributed by atoms with E-state index in [0.717, 1.165) is 35.2 Å². The van der Waals surface area contributed by atoms with Gasteiger partial charge in [-0.3, -0.25) is 4.98 Å². The minimum absolute atomic E-state index is 0.719. The molecule has 2 heterocycles. The summed E-state index contributed by atoms with van der Waals surface area (Å²) >= 11 is 1.80. The highest BCUT2D eigenvalue weighted by atomic mass is 32.1. The molecule has 1 aromatic carbocycles. The molecule has 0 fully saturated rings. The summed E-state index contributed by atoms with van der Waals surface area (Å²) in [7, 11) is 0. The Kier molecular flexibility index (Phi) is 3.56. The van der Waals surface area contributed by atoms with E-state index in [-0.39, 0.29) is 0 Å². The molecule has 0 aliphatic heterocycles. The predicted octanol–water partition coefficient (Wildman–Crippen LogP) is 4.05. The maximum atomic E-state index is 5.97. The predicted molar refractivity (Wildman–Crippen MR) is 87.2 cm³/mol. The molecule has 0 amide bonds. The number of nitrogens with two attached hydrogens (primary N) is 1. The van der Waals surface area contributed by atoms with Crippen molar-refractivity contribution in [1.29, 1.82) is 0 Å². The van der Waals surface area contributed by atoms with Crippen LogP contribution in [0.25, 0.3) is 10.9 Å². The Morgan fingerprint density at radius 1 is 1.25 bits per heavy atom. The van der Waals surface area contributed by atoms with Crippen molar-refractivity contribution in [2.75, 3.05) is 11.1 Å². The highest BCUT2D eigenvalue weighted by Crippen LogP contribution is 2.26. The standard InChI is InChI=1S/C16H17N3S/c1-2-11-7-9-20-15(11)10-19-14-6-8-18-16-12(14)4-3-5-13(16)17/h3-9H,2,10,17H2,1H3,(H,18,19). The lowest BCUT2D eigenvalue weighted by Crippen LogP contribution is -2.01. The Balaban J connectivity index is 1.90. The molecule has 0 aliphatic rings. The van der Waals surface area contributed by atoms with E-state index in [1.807, 2.05) is 18.2 Å². The fourth-order valence-electron chi connectivity index (χ4n) is 2.37. The van der Waals surface area contributed by atoms with Crippen LogP contribution in [-0.4, -0.2) is 4.98 Å². The van der Waals surface area contributed by atoms with Crippen molar-refractivity contribution in [3.63, 3.8) is 0 Å². The molecule has 102 valence electrons. The summed E-state index contributed by atoms with van der Waals surface area (Å²) in [5, 5.41) is 6.73. The van der Waals surface area contributed by atoms with Crippen molar-refractivity contribution in [3.05, 3.63) is 52.3 Å². The zero-order valence-corrected chi connectivity index (χ0v) is 12.2. The van der Waals surface area contributed by atoms with Crippen LogP contribution in [0.1, 0.15) is 17.4 Å². The summed E-state index contributed by atoms with van der Waals surface area (Å²) in [4.78, 5) is 5.75. The van der Waals surface area contributed by atoms with Gasteiger partial charge in [0.1, 0.15) is 0 Å². The van der Waals surface area contributed by atoms with E-state index in [1.54, 1.807) is 17.5 Å². The molecule has 0 unspecified atom stereocenters. The maximum Gasteiger partial charge on any atom is 0.0951 e. The fourth-order valence-corrected chi connectivity index (χ4v) is 3.28. The van der Waals surface area contributed by atoms with Gasteiger partial charge in [-0.1, -0.05) is 19.1 Å². The van der Waals surface area contributed by atoms with Gasteiger partial charge >= 0.3 is 0 Å². The molecule has 0 bridgehead atoms. The maximum absolute atomic E-state index is 5.97. The van der Waals surface area contributed by atoms with Crippen LogP contribution in [0.15, 0.2) is 41.9 Å². The number of hydrogen-bond acceptors (Lipinski definition) is 4. The number of benzene rings is 1. The molecule has 3 rings (SSSR count). The van der Waals surface area contributed by atoms with Crippen LogP contribution in [0.2, 0.25) is 0 Å². The minimum Gasteiger partial charge on any atom is -0.397 e. The molecule has 0 radical (unpaired) electrons. The number of aromatic nitrogens is 1. The van der Waals surface area contributed by atoms with Crippen LogP contribution >= 0.6 is 11.3 Å². The quantitative estimate of drug-likeness (QED) is 0.710. The smallest absolute Gasteiger partial charge is 0.0951 e. The largest absolute Gasteiger partial charge is 0.397 e. The van der Waals surface area contributed by atoms with E-state index in [2.05, 4.69) is 34.7 Å². The van der Waals surface area contributed by atoms with E-state index >= 15 is 0 Å². The SMILES string of the molecule is CCc1ccsc1CNc1ccnc2c(N)cccc12. The van der Waals surface area contributed by atoms with Crippen LogP contribution < -0.4 is 11.1 Å². The molecule has 3 N–H and O–H groups in total. The number of para-hydroxylation sites is 1. The van der Waals surface area contributed by atoms with Crippen LogP contribution in [0.4, 0.5) is 11.4 Å². The normalized spacial score (nSPS) is 10.8. The Morgan fingerprint density at radius 3 is 3.00 bits per heavy atom. The number of anilines is 2. The second kappa shape index (κ2) is 5.51. The van der Waals surface area contributed by atoms with Crippen molar-refractivity contribution >= 4 is 33.6 Å². The topological polar surface area (TPSA) is 50.9 Å². The number of nitrogens with one attached hydrogen (secondary N) is 1. The van der Waals surface area contributed by atoms with Crippen LogP contribution in [-0.2, 0) is 13.0 Å². The van der Waals surface area contributed by atoms with E-state index in [1.165, 1.54) is 10.4 Å². The molecule has 0 spiro atoms. The lowest BCUT2D eigenvalue weighted by Gasteiger charge is -2.10. The summed E-state index contributed by atoms with van der Waals surface area (Å²) < 4.78 is 0. The highest BCUT2D eigenvalue weighted by Gasteiger charge is 2.06. The second-order valence-electron chi connectivity index (χ2n) is 4.68. The van der Waals surface area contributed by atoms with E-state index in [4.69, 9.17) is 5.73 Å². The molecule has 0 saturated heterocycles. The Bertz CT molecular complexity index is 733. The molecule has 3 aromatic rings. The summed E-state index contributed by atoms with van der Waals surface area (Å²) in [5.74, 6) is 0. The van der Waals surface area contributed by atoms with Gasteiger partial charge in [-0.15, -0.1) is 11.3 Å². The zero-order valence-electron chi connectivity index (χ0n) is 11.4. The summed E-state index contributed by atoms with van der Waals surface area (Å²) in [6.07, 6.45) is 2.88. The summed E-state index contributed by atoms with van der Waals surface area (Å²) in [6, 6.07) is 10.1. The number of fused-ring (bicyclic) bond motifs is 1. The van der Waals surface area contributed by atoms with Gasteiger partial charge in [-0.2, -0.15) is 0 Å². The number of nitrogens with zero attached hydrogens (tertiary/aromatic N) is 1.